The van der Waals surface area contributed by atoms with Crippen molar-refractivity contribution in [1.82, 2.24) is 25.0 Å². The van der Waals surface area contributed by atoms with E-state index >= 15 is 0 Å². The van der Waals surface area contributed by atoms with Crippen molar-refractivity contribution in [3.63, 3.8) is 0 Å². The Morgan fingerprint density at radius 2 is 1.79 bits per heavy atom. The van der Waals surface area contributed by atoms with Crippen LogP contribution < -0.4 is 0 Å². The first kappa shape index (κ1) is 17.4. The van der Waals surface area contributed by atoms with Crippen LogP contribution in [-0.4, -0.2) is 25.0 Å². The highest BCUT2D eigenvalue weighted by Gasteiger charge is 2.31. The summed E-state index contributed by atoms with van der Waals surface area (Å²) >= 11 is 0. The fraction of sp³-hybridized carbons (Fsp3) is 0.100. The number of hydrogen-bond acceptors (Lipinski definition) is 5. The molecule has 0 radical (unpaired) electrons. The van der Waals surface area contributed by atoms with E-state index in [-0.39, 0.29) is 0 Å². The summed E-state index contributed by atoms with van der Waals surface area (Å²) in [6.07, 6.45) is -3.06. The quantitative estimate of drug-likeness (QED) is 0.424. The fourth-order valence-corrected chi connectivity index (χ4v) is 3.31. The summed E-state index contributed by atoms with van der Waals surface area (Å²) in [7, 11) is 0. The fourth-order valence-electron chi connectivity index (χ4n) is 3.31. The van der Waals surface area contributed by atoms with Gasteiger partial charge in [0.15, 0.2) is 11.5 Å². The lowest BCUT2D eigenvalue weighted by Gasteiger charge is -2.08. The Bertz CT molecular complexity index is 1360. The first-order valence-corrected chi connectivity index (χ1v) is 8.67. The third-order valence-electron chi connectivity index (χ3n) is 4.71. The van der Waals surface area contributed by atoms with Crippen LogP contribution in [0.3, 0.4) is 0 Å². The van der Waals surface area contributed by atoms with Gasteiger partial charge in [-0.2, -0.15) is 22.8 Å². The molecule has 0 saturated carbocycles. The van der Waals surface area contributed by atoms with Crippen molar-refractivity contribution in [2.75, 3.05) is 0 Å². The molecule has 3 aromatic heterocycles. The molecule has 0 N–H and O–H groups in total. The van der Waals surface area contributed by atoms with Crippen LogP contribution in [0.25, 0.3) is 39.1 Å². The molecule has 0 aliphatic heterocycles. The summed E-state index contributed by atoms with van der Waals surface area (Å²) in [5, 5.41) is 17.7. The molecular formula is C20H12F3N5O. The molecule has 0 atom stereocenters. The van der Waals surface area contributed by atoms with Crippen LogP contribution >= 0.6 is 0 Å². The average molecular weight is 395 g/mol. The monoisotopic (exact) mass is 395 g/mol. The molecule has 0 saturated heterocycles. The second-order valence-electron chi connectivity index (χ2n) is 6.53. The minimum absolute atomic E-state index is 0.330. The van der Waals surface area contributed by atoms with Crippen LogP contribution in [0.4, 0.5) is 13.2 Å². The van der Waals surface area contributed by atoms with Gasteiger partial charge in [-0.05, 0) is 25.1 Å². The van der Waals surface area contributed by atoms with Crippen LogP contribution in [-0.2, 0) is 6.18 Å². The Kier molecular flexibility index (Phi) is 3.67. The molecule has 0 spiro atoms. The maximum Gasteiger partial charge on any atom is 0.416 e. The molecule has 0 amide bonds. The van der Waals surface area contributed by atoms with Crippen molar-refractivity contribution in [2.45, 2.75) is 13.1 Å². The molecule has 29 heavy (non-hydrogen) atoms. The lowest BCUT2D eigenvalue weighted by molar-refractivity contribution is -0.137. The summed E-state index contributed by atoms with van der Waals surface area (Å²) in [5.41, 5.74) is 1.67. The maximum absolute atomic E-state index is 13.0. The minimum atomic E-state index is -4.43. The van der Waals surface area contributed by atoms with Gasteiger partial charge in [-0.25, -0.2) is 0 Å². The van der Waals surface area contributed by atoms with Gasteiger partial charge >= 0.3 is 6.18 Å². The lowest BCUT2D eigenvalue weighted by atomic mass is 10.1. The molecule has 0 unspecified atom stereocenters. The van der Waals surface area contributed by atoms with E-state index in [4.69, 9.17) is 4.52 Å². The molecule has 3 heterocycles. The van der Waals surface area contributed by atoms with Gasteiger partial charge in [0.05, 0.1) is 17.3 Å². The number of fused-ring (bicyclic) bond motifs is 3. The SMILES string of the molecule is Cc1onc(-c2ccccc2)c1-c1nnc2c3ccc(C(F)(F)F)cc3cnn12. The lowest BCUT2D eigenvalue weighted by Crippen LogP contribution is -2.05. The van der Waals surface area contributed by atoms with Gasteiger partial charge in [0, 0.05) is 16.3 Å². The molecule has 144 valence electrons. The summed E-state index contributed by atoms with van der Waals surface area (Å²) < 4.78 is 45.9. The van der Waals surface area contributed by atoms with Crippen molar-refractivity contribution in [1.29, 1.82) is 0 Å². The summed E-state index contributed by atoms with van der Waals surface area (Å²) in [6, 6.07) is 12.9. The number of nitrogens with zero attached hydrogens (tertiary/aromatic N) is 5. The van der Waals surface area contributed by atoms with Crippen molar-refractivity contribution < 1.29 is 17.7 Å². The van der Waals surface area contributed by atoms with Gasteiger partial charge in [-0.1, -0.05) is 35.5 Å². The van der Waals surface area contributed by atoms with E-state index < -0.39 is 11.7 Å². The van der Waals surface area contributed by atoms with Crippen molar-refractivity contribution >= 4 is 16.4 Å². The van der Waals surface area contributed by atoms with Gasteiger partial charge < -0.3 is 4.52 Å². The van der Waals surface area contributed by atoms with Crippen LogP contribution in [0.15, 0.2) is 59.3 Å². The Morgan fingerprint density at radius 3 is 2.55 bits per heavy atom. The number of aromatic nitrogens is 5. The average Bonchev–Trinajstić information content (AvgIpc) is 3.30. The molecule has 6 nitrogen and oxygen atoms in total. The molecule has 5 rings (SSSR count). The van der Waals surface area contributed by atoms with E-state index in [0.717, 1.165) is 17.7 Å². The largest absolute Gasteiger partial charge is 0.416 e. The van der Waals surface area contributed by atoms with Gasteiger partial charge in [0.25, 0.3) is 0 Å². The number of hydrogen-bond donors (Lipinski definition) is 0. The number of rotatable bonds is 2. The highest BCUT2D eigenvalue weighted by molar-refractivity contribution is 5.94. The Labute approximate surface area is 161 Å². The van der Waals surface area contributed by atoms with Gasteiger partial charge in [-0.3, -0.25) is 0 Å². The van der Waals surface area contributed by atoms with Gasteiger partial charge in [0.1, 0.15) is 11.5 Å². The first-order chi connectivity index (χ1) is 13.9. The molecule has 0 aliphatic carbocycles. The van der Waals surface area contributed by atoms with E-state index in [1.807, 2.05) is 30.3 Å². The van der Waals surface area contributed by atoms with Crippen LogP contribution in [0.1, 0.15) is 11.3 Å². The molecule has 0 fully saturated rings. The maximum atomic E-state index is 13.0. The van der Waals surface area contributed by atoms with Crippen LogP contribution in [0, 0.1) is 6.92 Å². The van der Waals surface area contributed by atoms with E-state index in [1.165, 1.54) is 16.8 Å². The smallest absolute Gasteiger partial charge is 0.360 e. The van der Waals surface area contributed by atoms with Gasteiger partial charge in [0.2, 0.25) is 0 Å². The predicted molar refractivity (Wildman–Crippen MR) is 99.0 cm³/mol. The third kappa shape index (κ3) is 2.74. The van der Waals surface area contributed by atoms with Crippen molar-refractivity contribution in [3.05, 3.63) is 66.1 Å². The van der Waals surface area contributed by atoms with Gasteiger partial charge in [-0.15, -0.1) is 10.2 Å². The topological polar surface area (TPSA) is 69.1 Å². The minimum Gasteiger partial charge on any atom is -0.360 e. The molecule has 2 aromatic carbocycles. The zero-order valence-corrected chi connectivity index (χ0v) is 15.0. The highest BCUT2D eigenvalue weighted by Crippen LogP contribution is 2.35. The predicted octanol–water partition coefficient (Wildman–Crippen LogP) is 4.93. The highest BCUT2D eigenvalue weighted by atomic mass is 19.4. The third-order valence-corrected chi connectivity index (χ3v) is 4.71. The standard InChI is InChI=1S/C20H12F3N5O/c1-11-16(17(27-29-11)12-5-3-2-4-6-12)19-26-25-18-15-8-7-14(20(21,22)23)9-13(15)10-24-28(18)19/h2-10H,1H3. The Hall–Kier alpha value is -3.75. The van der Waals surface area contributed by atoms with E-state index in [0.29, 0.717) is 39.3 Å². The summed E-state index contributed by atoms with van der Waals surface area (Å²) in [4.78, 5) is 0. The number of benzene rings is 2. The van der Waals surface area contributed by atoms with E-state index in [2.05, 4.69) is 20.5 Å². The second kappa shape index (κ2) is 6.13. The summed E-state index contributed by atoms with van der Waals surface area (Å²) in [6.45, 7) is 1.76. The van der Waals surface area contributed by atoms with Crippen LogP contribution in [0.5, 0.6) is 0 Å². The zero-order chi connectivity index (χ0) is 20.2. The van der Waals surface area contributed by atoms with Crippen molar-refractivity contribution in [3.8, 4) is 22.6 Å². The molecule has 5 aromatic rings. The van der Waals surface area contributed by atoms with Crippen LogP contribution in [0.2, 0.25) is 0 Å². The summed E-state index contributed by atoms with van der Waals surface area (Å²) in [5.74, 6) is 0.937. The normalized spacial score (nSPS) is 12.1. The molecule has 0 aliphatic rings. The number of aryl methyl sites for hydroxylation is 1. The molecular weight excluding hydrogens is 383 g/mol. The van der Waals surface area contributed by atoms with Crippen molar-refractivity contribution in [2.24, 2.45) is 0 Å². The Morgan fingerprint density at radius 1 is 1.00 bits per heavy atom. The zero-order valence-electron chi connectivity index (χ0n) is 15.0. The molecule has 0 bridgehead atoms. The van der Waals surface area contributed by atoms with E-state index in [9.17, 15) is 13.2 Å². The number of halogens is 3. The van der Waals surface area contributed by atoms with E-state index in [1.54, 1.807) is 6.92 Å². The number of alkyl halides is 3. The second-order valence-corrected chi connectivity index (χ2v) is 6.53. The molecule has 9 heteroatoms. The Balaban J connectivity index is 1.73. The first-order valence-electron chi connectivity index (χ1n) is 8.67.